The van der Waals surface area contributed by atoms with Crippen LogP contribution in [-0.2, 0) is 9.47 Å². The highest BCUT2D eigenvalue weighted by Crippen LogP contribution is 2.19. The fourth-order valence-electron chi connectivity index (χ4n) is 2.09. The molecule has 1 aliphatic heterocycles. The molecular formula is C12H24N2O2S. The van der Waals surface area contributed by atoms with E-state index in [4.69, 9.17) is 27.4 Å². The Morgan fingerprint density at radius 2 is 2.24 bits per heavy atom. The van der Waals surface area contributed by atoms with Crippen LogP contribution in [0.2, 0.25) is 0 Å². The summed E-state index contributed by atoms with van der Waals surface area (Å²) in [5.41, 5.74) is 5.54. The molecule has 0 aromatic rings. The maximum absolute atomic E-state index is 5.83. The predicted octanol–water partition coefficient (Wildman–Crippen LogP) is 1.18. The summed E-state index contributed by atoms with van der Waals surface area (Å²) in [5, 5.41) is 0. The van der Waals surface area contributed by atoms with Crippen LogP contribution in [0, 0.1) is 0 Å². The summed E-state index contributed by atoms with van der Waals surface area (Å²) >= 11 is 4.92. The van der Waals surface area contributed by atoms with Gasteiger partial charge in [-0.25, -0.2) is 0 Å². The van der Waals surface area contributed by atoms with Gasteiger partial charge in [0, 0.05) is 33.2 Å². The van der Waals surface area contributed by atoms with Crippen LogP contribution in [0.4, 0.5) is 0 Å². The number of nitrogens with two attached hydrogens (primary N) is 1. The fourth-order valence-corrected chi connectivity index (χ4v) is 2.18. The van der Waals surface area contributed by atoms with Crippen LogP contribution >= 0.6 is 12.2 Å². The van der Waals surface area contributed by atoms with Crippen LogP contribution in [0.5, 0.6) is 0 Å². The maximum atomic E-state index is 5.83. The summed E-state index contributed by atoms with van der Waals surface area (Å²) < 4.78 is 11.0. The summed E-state index contributed by atoms with van der Waals surface area (Å²) in [7, 11) is 1.72. The van der Waals surface area contributed by atoms with E-state index in [1.165, 1.54) is 0 Å². The van der Waals surface area contributed by atoms with Gasteiger partial charge in [-0.3, -0.25) is 4.90 Å². The van der Waals surface area contributed by atoms with Gasteiger partial charge in [-0.1, -0.05) is 12.2 Å². The number of methoxy groups -OCH3 is 1. The van der Waals surface area contributed by atoms with Gasteiger partial charge in [0.25, 0.3) is 0 Å². The lowest BCUT2D eigenvalue weighted by molar-refractivity contribution is 0.0267. The molecule has 0 aliphatic carbocycles. The van der Waals surface area contributed by atoms with E-state index in [9.17, 15) is 0 Å². The molecule has 4 nitrogen and oxygen atoms in total. The standard InChI is InChI=1S/C12H24N2O2S/c1-10-3-4-11(16-10)9-14(7-8-15-2)6-5-12(13)17/h10-11H,3-9H2,1-2H3,(H2,13,17). The Bertz CT molecular complexity index is 239. The zero-order valence-electron chi connectivity index (χ0n) is 10.9. The van der Waals surface area contributed by atoms with E-state index in [0.29, 0.717) is 17.2 Å². The number of hydrogen-bond acceptors (Lipinski definition) is 4. The zero-order valence-corrected chi connectivity index (χ0v) is 11.7. The topological polar surface area (TPSA) is 47.7 Å². The maximum Gasteiger partial charge on any atom is 0.0740 e. The Kier molecular flexibility index (Phi) is 6.96. The summed E-state index contributed by atoms with van der Waals surface area (Å²) in [6.07, 6.45) is 3.84. The minimum atomic E-state index is 0.355. The van der Waals surface area contributed by atoms with Gasteiger partial charge in [0.1, 0.15) is 0 Å². The summed E-state index contributed by atoms with van der Waals surface area (Å²) in [5.74, 6) is 0. The molecule has 1 saturated heterocycles. The van der Waals surface area contributed by atoms with Crippen molar-refractivity contribution in [3.8, 4) is 0 Å². The molecule has 5 heteroatoms. The lowest BCUT2D eigenvalue weighted by Crippen LogP contribution is -2.37. The Labute approximate surface area is 109 Å². The second kappa shape index (κ2) is 7.97. The minimum absolute atomic E-state index is 0.355. The number of thiocarbonyl (C=S) groups is 1. The van der Waals surface area contributed by atoms with Gasteiger partial charge in [-0.05, 0) is 19.8 Å². The van der Waals surface area contributed by atoms with Gasteiger partial charge in [-0.15, -0.1) is 0 Å². The van der Waals surface area contributed by atoms with Crippen molar-refractivity contribution < 1.29 is 9.47 Å². The molecule has 0 radical (unpaired) electrons. The molecule has 1 heterocycles. The molecule has 0 spiro atoms. The van der Waals surface area contributed by atoms with E-state index < -0.39 is 0 Å². The van der Waals surface area contributed by atoms with Crippen molar-refractivity contribution in [3.05, 3.63) is 0 Å². The molecule has 2 atom stereocenters. The lowest BCUT2D eigenvalue weighted by atomic mass is 10.2. The third-order valence-corrected chi connectivity index (χ3v) is 3.27. The average molecular weight is 260 g/mol. The van der Waals surface area contributed by atoms with Gasteiger partial charge >= 0.3 is 0 Å². The number of nitrogens with zero attached hydrogens (tertiary/aromatic N) is 1. The Hall–Kier alpha value is -0.230. The van der Waals surface area contributed by atoms with Gasteiger partial charge in [-0.2, -0.15) is 0 Å². The first-order valence-corrected chi connectivity index (χ1v) is 6.67. The van der Waals surface area contributed by atoms with Gasteiger partial charge in [0.15, 0.2) is 0 Å². The third-order valence-electron chi connectivity index (χ3n) is 3.07. The normalized spacial score (nSPS) is 24.4. The molecule has 0 bridgehead atoms. The number of ether oxygens (including phenoxy) is 2. The monoisotopic (exact) mass is 260 g/mol. The van der Waals surface area contributed by atoms with Gasteiger partial charge < -0.3 is 15.2 Å². The molecule has 1 rings (SSSR count). The average Bonchev–Trinajstić information content (AvgIpc) is 2.68. The molecule has 0 amide bonds. The first kappa shape index (κ1) is 14.8. The van der Waals surface area contributed by atoms with Crippen LogP contribution in [-0.4, -0.2) is 55.4 Å². The molecule has 2 N–H and O–H groups in total. The third kappa shape index (κ3) is 6.31. The molecule has 2 unspecified atom stereocenters. The quantitative estimate of drug-likeness (QED) is 0.664. The van der Waals surface area contributed by atoms with Crippen LogP contribution < -0.4 is 5.73 Å². The smallest absolute Gasteiger partial charge is 0.0740 e. The van der Waals surface area contributed by atoms with E-state index >= 15 is 0 Å². The molecular weight excluding hydrogens is 236 g/mol. The minimum Gasteiger partial charge on any atom is -0.393 e. The number of hydrogen-bond donors (Lipinski definition) is 1. The van der Waals surface area contributed by atoms with E-state index in [-0.39, 0.29) is 0 Å². The van der Waals surface area contributed by atoms with Gasteiger partial charge in [0.05, 0.1) is 23.8 Å². The SMILES string of the molecule is COCCN(CCC(N)=S)CC1CCC(C)O1. The van der Waals surface area contributed by atoms with E-state index in [2.05, 4.69) is 11.8 Å². The summed E-state index contributed by atoms with van der Waals surface area (Å²) in [6, 6.07) is 0. The lowest BCUT2D eigenvalue weighted by Gasteiger charge is -2.25. The summed E-state index contributed by atoms with van der Waals surface area (Å²) in [4.78, 5) is 2.90. The van der Waals surface area contributed by atoms with Crippen LogP contribution in [0.25, 0.3) is 0 Å². The molecule has 0 aromatic carbocycles. The first-order valence-electron chi connectivity index (χ1n) is 6.27. The second-order valence-corrected chi connectivity index (χ2v) is 5.18. The Morgan fingerprint density at radius 3 is 2.76 bits per heavy atom. The second-order valence-electron chi connectivity index (χ2n) is 4.66. The molecule has 1 aliphatic rings. The highest BCUT2D eigenvalue weighted by atomic mass is 32.1. The van der Waals surface area contributed by atoms with Crippen molar-refractivity contribution in [3.63, 3.8) is 0 Å². The molecule has 1 fully saturated rings. The van der Waals surface area contributed by atoms with Crippen molar-refractivity contribution in [1.29, 1.82) is 0 Å². The molecule has 17 heavy (non-hydrogen) atoms. The zero-order chi connectivity index (χ0) is 12.7. The summed E-state index contributed by atoms with van der Waals surface area (Å²) in [6.45, 7) is 5.63. The van der Waals surface area contributed by atoms with E-state index in [1.54, 1.807) is 7.11 Å². The van der Waals surface area contributed by atoms with Crippen molar-refractivity contribution in [2.24, 2.45) is 5.73 Å². The number of rotatable bonds is 8. The molecule has 100 valence electrons. The van der Waals surface area contributed by atoms with E-state index in [0.717, 1.165) is 45.5 Å². The van der Waals surface area contributed by atoms with Crippen LogP contribution in [0.15, 0.2) is 0 Å². The van der Waals surface area contributed by atoms with Crippen molar-refractivity contribution >= 4 is 17.2 Å². The first-order chi connectivity index (χ1) is 8.11. The molecule has 0 aromatic heterocycles. The van der Waals surface area contributed by atoms with E-state index in [1.807, 2.05) is 0 Å². The largest absolute Gasteiger partial charge is 0.393 e. The molecule has 0 saturated carbocycles. The van der Waals surface area contributed by atoms with Crippen molar-refractivity contribution in [2.75, 3.05) is 33.4 Å². The predicted molar refractivity (Wildman–Crippen MR) is 73.3 cm³/mol. The van der Waals surface area contributed by atoms with Crippen molar-refractivity contribution in [1.82, 2.24) is 4.90 Å². The fraction of sp³-hybridized carbons (Fsp3) is 0.917. The van der Waals surface area contributed by atoms with Crippen LogP contribution in [0.3, 0.4) is 0 Å². The highest BCUT2D eigenvalue weighted by molar-refractivity contribution is 7.80. The Balaban J connectivity index is 2.31. The van der Waals surface area contributed by atoms with Crippen LogP contribution in [0.1, 0.15) is 26.2 Å². The van der Waals surface area contributed by atoms with Crippen molar-refractivity contribution in [2.45, 2.75) is 38.4 Å². The van der Waals surface area contributed by atoms with Gasteiger partial charge in [0.2, 0.25) is 0 Å². The highest BCUT2D eigenvalue weighted by Gasteiger charge is 2.23. The Morgan fingerprint density at radius 1 is 1.47 bits per heavy atom.